The molecule has 0 fully saturated rings. The molecule has 0 spiro atoms. The number of halogens is 1. The van der Waals surface area contributed by atoms with Crippen molar-refractivity contribution in [3.05, 3.63) is 65.5 Å². The van der Waals surface area contributed by atoms with Gasteiger partial charge in [0.25, 0.3) is 5.91 Å². The fraction of sp³-hybridized carbons (Fsp3) is 0.176. The highest BCUT2D eigenvalue weighted by Crippen LogP contribution is 2.18. The average molecular weight is 317 g/mol. The number of ether oxygens (including phenoxy) is 1. The van der Waals surface area contributed by atoms with Crippen molar-refractivity contribution in [1.82, 2.24) is 5.32 Å². The third kappa shape index (κ3) is 4.29. The molecule has 0 aromatic heterocycles. The smallest absolute Gasteiger partial charge is 0.328 e. The van der Waals surface area contributed by atoms with Crippen molar-refractivity contribution in [3.63, 3.8) is 0 Å². The van der Waals surface area contributed by atoms with Crippen LogP contribution in [0.2, 0.25) is 0 Å². The molecule has 0 aliphatic rings. The van der Waals surface area contributed by atoms with Crippen LogP contribution in [0.3, 0.4) is 0 Å². The van der Waals surface area contributed by atoms with Crippen LogP contribution in [0.5, 0.6) is 5.75 Å². The van der Waals surface area contributed by atoms with Crippen LogP contribution in [0, 0.1) is 5.82 Å². The van der Waals surface area contributed by atoms with Gasteiger partial charge in [-0.25, -0.2) is 9.18 Å². The van der Waals surface area contributed by atoms with Gasteiger partial charge in [-0.1, -0.05) is 24.3 Å². The quantitative estimate of drug-likeness (QED) is 0.828. The number of nitrogens with one attached hydrogen (secondary N) is 1. The standard InChI is InChI=1S/C17H16FNO4/c1-23-17(22)14(9-11-7-8-13(18)15(20)10-11)19-16(21)12-5-3-2-4-6-12/h2-8,10,14,20H,9H2,1H3,(H,19,21). The Balaban J connectivity index is 2.15. The van der Waals surface area contributed by atoms with E-state index >= 15 is 0 Å². The number of hydrogen-bond donors (Lipinski definition) is 2. The average Bonchev–Trinajstić information content (AvgIpc) is 2.57. The third-order valence-corrected chi connectivity index (χ3v) is 3.28. The molecule has 2 rings (SSSR count). The van der Waals surface area contributed by atoms with Crippen LogP contribution in [0.15, 0.2) is 48.5 Å². The number of phenolic OH excluding ortho intramolecular Hbond substituents is 1. The van der Waals surface area contributed by atoms with E-state index in [9.17, 15) is 19.1 Å². The number of hydrogen-bond acceptors (Lipinski definition) is 4. The van der Waals surface area contributed by atoms with Crippen LogP contribution in [-0.4, -0.2) is 30.1 Å². The first-order chi connectivity index (χ1) is 11.0. The number of methoxy groups -OCH3 is 1. The highest BCUT2D eigenvalue weighted by Gasteiger charge is 2.23. The van der Waals surface area contributed by atoms with Gasteiger partial charge in [-0.3, -0.25) is 4.79 Å². The van der Waals surface area contributed by atoms with Crippen LogP contribution in [0.25, 0.3) is 0 Å². The number of carbonyl (C=O) groups excluding carboxylic acids is 2. The molecule has 0 aliphatic carbocycles. The largest absolute Gasteiger partial charge is 0.505 e. The van der Waals surface area contributed by atoms with Crippen LogP contribution >= 0.6 is 0 Å². The molecule has 5 nitrogen and oxygen atoms in total. The summed E-state index contributed by atoms with van der Waals surface area (Å²) in [5, 5.41) is 12.0. The molecule has 2 aromatic rings. The van der Waals surface area contributed by atoms with Crippen LogP contribution < -0.4 is 5.32 Å². The Morgan fingerprint density at radius 2 is 1.91 bits per heavy atom. The lowest BCUT2D eigenvalue weighted by Crippen LogP contribution is -2.43. The second-order valence-electron chi connectivity index (χ2n) is 4.91. The molecule has 2 N–H and O–H groups in total. The van der Waals surface area contributed by atoms with E-state index in [2.05, 4.69) is 10.1 Å². The molecule has 0 bridgehead atoms. The Hall–Kier alpha value is -2.89. The fourth-order valence-electron chi connectivity index (χ4n) is 2.09. The number of phenols is 1. The van der Waals surface area contributed by atoms with E-state index in [0.717, 1.165) is 6.07 Å². The van der Waals surface area contributed by atoms with Crippen molar-refractivity contribution in [2.75, 3.05) is 7.11 Å². The molecule has 0 saturated carbocycles. The number of benzene rings is 2. The Morgan fingerprint density at radius 3 is 2.52 bits per heavy atom. The number of carbonyl (C=O) groups is 2. The lowest BCUT2D eigenvalue weighted by atomic mass is 10.0. The third-order valence-electron chi connectivity index (χ3n) is 3.28. The molecule has 2 aromatic carbocycles. The molecule has 0 heterocycles. The Morgan fingerprint density at radius 1 is 1.22 bits per heavy atom. The zero-order chi connectivity index (χ0) is 16.8. The van der Waals surface area contributed by atoms with Gasteiger partial charge in [-0.15, -0.1) is 0 Å². The maximum Gasteiger partial charge on any atom is 0.328 e. The van der Waals surface area contributed by atoms with E-state index in [0.29, 0.717) is 11.1 Å². The molecule has 1 atom stereocenters. The summed E-state index contributed by atoms with van der Waals surface area (Å²) in [5.74, 6) is -2.32. The monoisotopic (exact) mass is 317 g/mol. The Kier molecular flexibility index (Phi) is 5.30. The summed E-state index contributed by atoms with van der Waals surface area (Å²) in [7, 11) is 1.21. The molecule has 0 aliphatic heterocycles. The van der Waals surface area contributed by atoms with E-state index in [4.69, 9.17) is 0 Å². The molecule has 1 unspecified atom stereocenters. The normalized spacial score (nSPS) is 11.6. The number of amides is 1. The summed E-state index contributed by atoms with van der Waals surface area (Å²) in [6.45, 7) is 0. The number of rotatable bonds is 5. The van der Waals surface area contributed by atoms with Crippen molar-refractivity contribution < 1.29 is 23.8 Å². The van der Waals surface area contributed by atoms with Crippen molar-refractivity contribution in [1.29, 1.82) is 0 Å². The molecule has 0 saturated heterocycles. The van der Waals surface area contributed by atoms with Crippen LogP contribution in [0.4, 0.5) is 4.39 Å². The van der Waals surface area contributed by atoms with Crippen molar-refractivity contribution in [2.24, 2.45) is 0 Å². The molecule has 6 heteroatoms. The summed E-state index contributed by atoms with van der Waals surface area (Å²) >= 11 is 0. The lowest BCUT2D eigenvalue weighted by Gasteiger charge is -2.17. The summed E-state index contributed by atoms with van der Waals surface area (Å²) in [6.07, 6.45) is 0.0685. The predicted molar refractivity (Wildman–Crippen MR) is 81.5 cm³/mol. The van der Waals surface area contributed by atoms with E-state index in [1.807, 2.05) is 0 Å². The van der Waals surface area contributed by atoms with Gasteiger partial charge in [0.2, 0.25) is 0 Å². The first-order valence-corrected chi connectivity index (χ1v) is 6.92. The summed E-state index contributed by atoms with van der Waals surface area (Å²) in [4.78, 5) is 24.0. The van der Waals surface area contributed by atoms with Gasteiger partial charge in [0.1, 0.15) is 6.04 Å². The van der Waals surface area contributed by atoms with E-state index < -0.39 is 29.5 Å². The molecule has 23 heavy (non-hydrogen) atoms. The highest BCUT2D eigenvalue weighted by molar-refractivity contribution is 5.96. The molecule has 1 amide bonds. The number of aromatic hydroxyl groups is 1. The van der Waals surface area contributed by atoms with Gasteiger partial charge in [-0.2, -0.15) is 0 Å². The minimum atomic E-state index is -0.947. The summed E-state index contributed by atoms with van der Waals surface area (Å²) in [5.41, 5.74) is 0.899. The van der Waals surface area contributed by atoms with Crippen molar-refractivity contribution in [3.8, 4) is 5.75 Å². The van der Waals surface area contributed by atoms with Gasteiger partial charge >= 0.3 is 5.97 Å². The topological polar surface area (TPSA) is 75.6 Å². The predicted octanol–water partition coefficient (Wildman–Crippen LogP) is 2.05. The maximum absolute atomic E-state index is 13.1. The zero-order valence-corrected chi connectivity index (χ0v) is 12.5. The first-order valence-electron chi connectivity index (χ1n) is 6.92. The van der Waals surface area contributed by atoms with Crippen LogP contribution in [0.1, 0.15) is 15.9 Å². The van der Waals surface area contributed by atoms with Gasteiger partial charge in [0.15, 0.2) is 11.6 Å². The summed E-state index contributed by atoms with van der Waals surface area (Å²) < 4.78 is 17.8. The second kappa shape index (κ2) is 7.40. The molecular weight excluding hydrogens is 301 g/mol. The maximum atomic E-state index is 13.1. The number of esters is 1. The zero-order valence-electron chi connectivity index (χ0n) is 12.5. The van der Waals surface area contributed by atoms with E-state index in [1.54, 1.807) is 30.3 Å². The SMILES string of the molecule is COC(=O)C(Cc1ccc(F)c(O)c1)NC(=O)c1ccccc1. The van der Waals surface area contributed by atoms with Gasteiger partial charge in [0.05, 0.1) is 7.11 Å². The van der Waals surface area contributed by atoms with Gasteiger partial charge in [0, 0.05) is 12.0 Å². The van der Waals surface area contributed by atoms with E-state index in [-0.39, 0.29) is 6.42 Å². The molecule has 0 radical (unpaired) electrons. The van der Waals surface area contributed by atoms with Crippen LogP contribution in [-0.2, 0) is 16.0 Å². The fourth-order valence-corrected chi connectivity index (χ4v) is 2.09. The lowest BCUT2D eigenvalue weighted by molar-refractivity contribution is -0.142. The van der Waals surface area contributed by atoms with E-state index in [1.165, 1.54) is 19.2 Å². The molecule has 120 valence electrons. The minimum Gasteiger partial charge on any atom is -0.505 e. The Bertz CT molecular complexity index is 703. The second-order valence-corrected chi connectivity index (χ2v) is 4.91. The minimum absolute atomic E-state index is 0.0685. The highest BCUT2D eigenvalue weighted by atomic mass is 19.1. The summed E-state index contributed by atoms with van der Waals surface area (Å²) in [6, 6.07) is 11.2. The first kappa shape index (κ1) is 16.5. The van der Waals surface area contributed by atoms with Gasteiger partial charge in [-0.05, 0) is 29.8 Å². The molecular formula is C17H16FNO4. The Labute approximate surface area is 132 Å². The van der Waals surface area contributed by atoms with Crippen molar-refractivity contribution >= 4 is 11.9 Å². The van der Waals surface area contributed by atoms with Gasteiger partial charge < -0.3 is 15.2 Å². The van der Waals surface area contributed by atoms with Crippen molar-refractivity contribution in [2.45, 2.75) is 12.5 Å².